The summed E-state index contributed by atoms with van der Waals surface area (Å²) < 4.78 is 0. The van der Waals surface area contributed by atoms with Crippen molar-refractivity contribution >= 4 is 34.9 Å². The average molecular weight is 254 g/mol. The first-order valence-corrected chi connectivity index (χ1v) is 5.71. The Morgan fingerprint density at radius 3 is 2.88 bits per heavy atom. The van der Waals surface area contributed by atoms with Crippen LogP contribution in [0, 0.1) is 0 Å². The summed E-state index contributed by atoms with van der Waals surface area (Å²) in [5.74, 6) is -0.383. The summed E-state index contributed by atoms with van der Waals surface area (Å²) in [6.07, 6.45) is 0.780. The molecular formula is C11H12ClN3O2. The highest BCUT2D eigenvalue weighted by Gasteiger charge is 2.23. The Labute approximate surface area is 104 Å². The number of hydrogen-bond donors (Lipinski definition) is 2. The molecule has 1 aliphatic rings. The van der Waals surface area contributed by atoms with Crippen molar-refractivity contribution in [1.29, 1.82) is 0 Å². The molecule has 0 fully saturated rings. The van der Waals surface area contributed by atoms with Crippen molar-refractivity contribution in [1.82, 2.24) is 0 Å². The minimum absolute atomic E-state index is 0.101. The molecule has 0 atom stereocenters. The van der Waals surface area contributed by atoms with E-state index in [4.69, 9.17) is 17.3 Å². The molecule has 5 nitrogen and oxygen atoms in total. The molecule has 17 heavy (non-hydrogen) atoms. The first kappa shape index (κ1) is 11.7. The monoisotopic (exact) mass is 253 g/mol. The van der Waals surface area contributed by atoms with Crippen LogP contribution in [-0.4, -0.2) is 24.4 Å². The normalized spacial score (nSPS) is 13.4. The van der Waals surface area contributed by atoms with E-state index in [-0.39, 0.29) is 11.8 Å². The van der Waals surface area contributed by atoms with E-state index < -0.39 is 6.03 Å². The molecule has 90 valence electrons. The number of benzene rings is 1. The topological polar surface area (TPSA) is 75.4 Å². The zero-order valence-electron chi connectivity index (χ0n) is 9.07. The SMILES string of the molecule is NC(=O)N1CCc2ccc(NC(=O)CCl)cc21. The Morgan fingerprint density at radius 2 is 2.24 bits per heavy atom. The van der Waals surface area contributed by atoms with Crippen LogP contribution in [-0.2, 0) is 11.2 Å². The lowest BCUT2D eigenvalue weighted by atomic mass is 10.1. The molecule has 0 bridgehead atoms. The zero-order valence-corrected chi connectivity index (χ0v) is 9.83. The Balaban J connectivity index is 2.27. The molecule has 0 saturated carbocycles. The number of hydrogen-bond acceptors (Lipinski definition) is 2. The fourth-order valence-electron chi connectivity index (χ4n) is 1.88. The van der Waals surface area contributed by atoms with E-state index in [1.807, 2.05) is 6.07 Å². The third-order valence-electron chi connectivity index (χ3n) is 2.65. The predicted molar refractivity (Wildman–Crippen MR) is 66.4 cm³/mol. The molecule has 2 rings (SSSR count). The Kier molecular flexibility index (Phi) is 3.19. The molecule has 0 spiro atoms. The maximum absolute atomic E-state index is 11.2. The quantitative estimate of drug-likeness (QED) is 0.780. The largest absolute Gasteiger partial charge is 0.351 e. The van der Waals surface area contributed by atoms with Crippen molar-refractivity contribution in [3.8, 4) is 0 Å². The number of nitrogens with one attached hydrogen (secondary N) is 1. The van der Waals surface area contributed by atoms with Gasteiger partial charge in [-0.2, -0.15) is 0 Å². The van der Waals surface area contributed by atoms with Crippen LogP contribution in [0.3, 0.4) is 0 Å². The molecule has 6 heteroatoms. The number of carbonyl (C=O) groups excluding carboxylic acids is 2. The van der Waals surface area contributed by atoms with E-state index in [1.165, 1.54) is 4.90 Å². The first-order valence-electron chi connectivity index (χ1n) is 5.17. The van der Waals surface area contributed by atoms with Crippen molar-refractivity contribution in [3.63, 3.8) is 0 Å². The standard InChI is InChI=1S/C11H12ClN3O2/c12-6-10(16)14-8-2-1-7-3-4-15(11(13)17)9(7)5-8/h1-2,5H,3-4,6H2,(H2,13,17)(H,14,16). The number of amides is 3. The van der Waals surface area contributed by atoms with Crippen LogP contribution in [0.4, 0.5) is 16.2 Å². The second-order valence-electron chi connectivity index (χ2n) is 3.77. The average Bonchev–Trinajstić information content (AvgIpc) is 2.71. The lowest BCUT2D eigenvalue weighted by Gasteiger charge is -2.15. The van der Waals surface area contributed by atoms with Crippen molar-refractivity contribution in [3.05, 3.63) is 23.8 Å². The van der Waals surface area contributed by atoms with Gasteiger partial charge in [-0.15, -0.1) is 11.6 Å². The summed E-state index contributed by atoms with van der Waals surface area (Å²) in [4.78, 5) is 23.8. The van der Waals surface area contributed by atoms with Crippen LogP contribution < -0.4 is 16.0 Å². The van der Waals surface area contributed by atoms with E-state index >= 15 is 0 Å². The Hall–Kier alpha value is -1.75. The third-order valence-corrected chi connectivity index (χ3v) is 2.89. The van der Waals surface area contributed by atoms with Crippen LogP contribution in [0.5, 0.6) is 0 Å². The van der Waals surface area contributed by atoms with Gasteiger partial charge < -0.3 is 11.1 Å². The van der Waals surface area contributed by atoms with Gasteiger partial charge in [-0.05, 0) is 24.1 Å². The number of nitrogens with zero attached hydrogens (tertiary/aromatic N) is 1. The Bertz CT molecular complexity index is 476. The van der Waals surface area contributed by atoms with Gasteiger partial charge in [0.2, 0.25) is 5.91 Å². The lowest BCUT2D eigenvalue weighted by molar-refractivity contribution is -0.113. The fourth-order valence-corrected chi connectivity index (χ4v) is 1.95. The minimum Gasteiger partial charge on any atom is -0.351 e. The van der Waals surface area contributed by atoms with E-state index in [0.29, 0.717) is 12.2 Å². The van der Waals surface area contributed by atoms with Gasteiger partial charge in [0.15, 0.2) is 0 Å². The lowest BCUT2D eigenvalue weighted by Crippen LogP contribution is -2.34. The summed E-state index contributed by atoms with van der Waals surface area (Å²) in [7, 11) is 0. The van der Waals surface area contributed by atoms with Crippen LogP contribution in [0.15, 0.2) is 18.2 Å². The highest BCUT2D eigenvalue weighted by Crippen LogP contribution is 2.30. The van der Waals surface area contributed by atoms with Crippen molar-refractivity contribution in [2.45, 2.75) is 6.42 Å². The van der Waals surface area contributed by atoms with Crippen LogP contribution in [0.1, 0.15) is 5.56 Å². The number of urea groups is 1. The number of primary amides is 1. The summed E-state index contributed by atoms with van der Waals surface area (Å²) in [6, 6.07) is 4.91. The van der Waals surface area contributed by atoms with E-state index in [0.717, 1.165) is 17.7 Å². The van der Waals surface area contributed by atoms with Gasteiger partial charge in [0, 0.05) is 12.2 Å². The fraction of sp³-hybridized carbons (Fsp3) is 0.273. The number of halogens is 1. The second-order valence-corrected chi connectivity index (χ2v) is 4.03. The molecule has 3 N–H and O–H groups in total. The Morgan fingerprint density at radius 1 is 1.47 bits per heavy atom. The molecule has 1 heterocycles. The number of fused-ring (bicyclic) bond motifs is 1. The second kappa shape index (κ2) is 4.63. The van der Waals surface area contributed by atoms with Gasteiger partial charge in [-0.3, -0.25) is 9.69 Å². The molecule has 0 unspecified atom stereocenters. The van der Waals surface area contributed by atoms with E-state index in [2.05, 4.69) is 5.32 Å². The molecule has 1 aliphatic heterocycles. The molecule has 0 aliphatic carbocycles. The predicted octanol–water partition coefficient (Wildman–Crippen LogP) is 1.31. The molecule has 0 radical (unpaired) electrons. The van der Waals surface area contributed by atoms with Crippen molar-refractivity contribution in [2.24, 2.45) is 5.73 Å². The van der Waals surface area contributed by atoms with Gasteiger partial charge in [-0.1, -0.05) is 6.07 Å². The van der Waals surface area contributed by atoms with Crippen molar-refractivity contribution < 1.29 is 9.59 Å². The smallest absolute Gasteiger partial charge is 0.319 e. The van der Waals surface area contributed by atoms with Crippen LogP contribution in [0.2, 0.25) is 0 Å². The van der Waals surface area contributed by atoms with Gasteiger partial charge in [0.05, 0.1) is 5.69 Å². The zero-order chi connectivity index (χ0) is 12.4. The van der Waals surface area contributed by atoms with Crippen molar-refractivity contribution in [2.75, 3.05) is 22.6 Å². The number of anilines is 2. The van der Waals surface area contributed by atoms with Crippen LogP contribution >= 0.6 is 11.6 Å². The molecule has 1 aromatic carbocycles. The first-order chi connectivity index (χ1) is 8.11. The summed E-state index contributed by atoms with van der Waals surface area (Å²) in [5.41, 5.74) is 7.69. The molecule has 1 aromatic rings. The highest BCUT2D eigenvalue weighted by atomic mass is 35.5. The molecule has 0 aromatic heterocycles. The van der Waals surface area contributed by atoms with Gasteiger partial charge >= 0.3 is 6.03 Å². The highest BCUT2D eigenvalue weighted by molar-refractivity contribution is 6.29. The third kappa shape index (κ3) is 2.34. The number of nitrogens with two attached hydrogens (primary N) is 1. The van der Waals surface area contributed by atoms with Crippen LogP contribution in [0.25, 0.3) is 0 Å². The number of rotatable bonds is 2. The molecule has 3 amide bonds. The molecular weight excluding hydrogens is 242 g/mol. The number of carbonyl (C=O) groups is 2. The minimum atomic E-state index is -0.482. The van der Waals surface area contributed by atoms with E-state index in [1.54, 1.807) is 12.1 Å². The number of alkyl halides is 1. The van der Waals surface area contributed by atoms with Gasteiger partial charge in [0.25, 0.3) is 0 Å². The van der Waals surface area contributed by atoms with Gasteiger partial charge in [-0.25, -0.2) is 4.79 Å². The molecule has 0 saturated heterocycles. The maximum atomic E-state index is 11.2. The van der Waals surface area contributed by atoms with Gasteiger partial charge in [0.1, 0.15) is 5.88 Å². The van der Waals surface area contributed by atoms with E-state index in [9.17, 15) is 9.59 Å². The summed E-state index contributed by atoms with van der Waals surface area (Å²) >= 11 is 5.40. The maximum Gasteiger partial charge on any atom is 0.319 e. The summed E-state index contributed by atoms with van der Waals surface area (Å²) in [5, 5.41) is 2.63. The summed E-state index contributed by atoms with van der Waals surface area (Å²) in [6.45, 7) is 0.581.